The van der Waals surface area contributed by atoms with Crippen molar-refractivity contribution in [1.29, 1.82) is 0 Å². The van der Waals surface area contributed by atoms with Crippen molar-refractivity contribution in [3.63, 3.8) is 0 Å². The third kappa shape index (κ3) is 3.92. The second-order valence-electron chi connectivity index (χ2n) is 9.97. The first-order valence-corrected chi connectivity index (χ1v) is 12.7. The molecule has 0 bridgehead atoms. The van der Waals surface area contributed by atoms with E-state index in [1.807, 2.05) is 56.7 Å². The lowest BCUT2D eigenvalue weighted by Crippen LogP contribution is -2.14. The molecule has 10 nitrogen and oxygen atoms in total. The van der Waals surface area contributed by atoms with Crippen LogP contribution in [0, 0.1) is 20.8 Å². The average molecular weight is 519 g/mol. The molecule has 6 aromatic rings. The third-order valence-electron chi connectivity index (χ3n) is 7.11. The molecule has 0 saturated heterocycles. The number of fused-ring (bicyclic) bond motifs is 4. The van der Waals surface area contributed by atoms with Crippen LogP contribution in [0.5, 0.6) is 17.5 Å². The molecule has 0 spiro atoms. The number of aryl methyl sites for hydroxylation is 4. The molecule has 1 N–H and O–H groups in total. The van der Waals surface area contributed by atoms with Crippen molar-refractivity contribution >= 4 is 5.65 Å². The normalized spacial score (nSPS) is 14.2. The fourth-order valence-electron chi connectivity index (χ4n) is 5.18. The number of hydrogen-bond acceptors (Lipinski definition) is 7. The van der Waals surface area contributed by atoms with E-state index in [2.05, 4.69) is 46.3 Å². The number of nitrogens with zero attached hydrogens (tertiary/aromatic N) is 7. The Bertz CT molecular complexity index is 1850. The number of hydrogen-bond donors (Lipinski definition) is 1. The van der Waals surface area contributed by atoms with E-state index in [-0.39, 0.29) is 5.92 Å². The van der Waals surface area contributed by atoms with Gasteiger partial charge in [-0.3, -0.25) is 9.78 Å². The quantitative estimate of drug-likeness (QED) is 0.340. The van der Waals surface area contributed by atoms with E-state index in [0.717, 1.165) is 44.8 Å². The summed E-state index contributed by atoms with van der Waals surface area (Å²) in [5.74, 6) is 2.28. The van der Waals surface area contributed by atoms with Gasteiger partial charge in [-0.05, 0) is 38.0 Å². The van der Waals surface area contributed by atoms with E-state index < -0.39 is 0 Å². The van der Waals surface area contributed by atoms with Crippen LogP contribution < -0.4 is 9.47 Å². The van der Waals surface area contributed by atoms with Gasteiger partial charge < -0.3 is 9.47 Å². The van der Waals surface area contributed by atoms with Gasteiger partial charge in [0.15, 0.2) is 11.5 Å². The first kappa shape index (κ1) is 23.2. The molecule has 1 aliphatic heterocycles. The van der Waals surface area contributed by atoms with E-state index in [0.29, 0.717) is 29.8 Å². The summed E-state index contributed by atoms with van der Waals surface area (Å²) in [4.78, 5) is 9.52. The van der Waals surface area contributed by atoms with E-state index in [1.165, 1.54) is 5.56 Å². The third-order valence-corrected chi connectivity index (χ3v) is 7.11. The van der Waals surface area contributed by atoms with Gasteiger partial charge in [0.05, 0.1) is 17.7 Å². The highest BCUT2D eigenvalue weighted by Gasteiger charge is 2.37. The molecule has 5 heterocycles. The summed E-state index contributed by atoms with van der Waals surface area (Å²) < 4.78 is 15.6. The van der Waals surface area contributed by atoms with Crippen LogP contribution in [-0.4, -0.2) is 39.6 Å². The fourth-order valence-corrected chi connectivity index (χ4v) is 5.18. The van der Waals surface area contributed by atoms with Gasteiger partial charge in [0.1, 0.15) is 18.7 Å². The lowest BCUT2D eigenvalue weighted by molar-refractivity contribution is 0.304. The maximum absolute atomic E-state index is 6.10. The molecule has 7 rings (SSSR count). The number of nitrogens with one attached hydrogen (secondary N) is 1. The standard InChI is InChI=1S/C29H26N8O2/c1-16-5-10-22(17(2)11-16)38-14-19-6-8-20(9-7-19)26-32-27-25-24(21-12-31-36(4)13-21)23-18(3)33-34-29(23)39-28(25)30-15-37(27)35-26/h5-13,15,24H,14H2,1-4H3,(H,33,34). The summed E-state index contributed by atoms with van der Waals surface area (Å²) in [6, 6.07) is 14.3. The molecular weight excluding hydrogens is 492 g/mol. The average Bonchev–Trinajstić information content (AvgIpc) is 3.66. The molecule has 10 heteroatoms. The van der Waals surface area contributed by atoms with Gasteiger partial charge in [-0.1, -0.05) is 42.0 Å². The van der Waals surface area contributed by atoms with Gasteiger partial charge >= 0.3 is 0 Å². The molecule has 0 fully saturated rings. The van der Waals surface area contributed by atoms with Gasteiger partial charge in [-0.25, -0.2) is 14.5 Å². The minimum atomic E-state index is -0.200. The van der Waals surface area contributed by atoms with Gasteiger partial charge in [-0.15, -0.1) is 10.2 Å². The van der Waals surface area contributed by atoms with Crippen LogP contribution in [0.2, 0.25) is 0 Å². The maximum Gasteiger partial charge on any atom is 0.244 e. The SMILES string of the molecule is Cc1ccc(OCc2ccc(-c3nc4c5c(ncn4n3)Oc3n[nH]c(C)c3C5c3cnn(C)c3)cc2)c(C)c1. The van der Waals surface area contributed by atoms with Crippen LogP contribution >= 0.6 is 0 Å². The highest BCUT2D eigenvalue weighted by molar-refractivity contribution is 5.68. The largest absolute Gasteiger partial charge is 0.489 e. The molecule has 0 aliphatic carbocycles. The van der Waals surface area contributed by atoms with E-state index >= 15 is 0 Å². The van der Waals surface area contributed by atoms with E-state index in [9.17, 15) is 0 Å². The van der Waals surface area contributed by atoms with Crippen LogP contribution in [0.4, 0.5) is 0 Å². The summed E-state index contributed by atoms with van der Waals surface area (Å²) in [7, 11) is 1.90. The van der Waals surface area contributed by atoms with Crippen molar-refractivity contribution in [1.82, 2.24) is 39.6 Å². The molecule has 194 valence electrons. The minimum absolute atomic E-state index is 0.200. The highest BCUT2D eigenvalue weighted by Crippen LogP contribution is 2.48. The topological polar surface area (TPSA) is 108 Å². The van der Waals surface area contributed by atoms with Gasteiger partial charge in [-0.2, -0.15) is 5.10 Å². The Labute approximate surface area is 224 Å². The Kier molecular flexibility index (Phi) is 5.22. The smallest absolute Gasteiger partial charge is 0.244 e. The molecule has 4 aromatic heterocycles. The van der Waals surface area contributed by atoms with Crippen molar-refractivity contribution in [3.05, 3.63) is 100 Å². The number of H-pyrrole nitrogens is 1. The van der Waals surface area contributed by atoms with Crippen molar-refractivity contribution in [2.24, 2.45) is 7.05 Å². The highest BCUT2D eigenvalue weighted by atomic mass is 16.5. The Balaban J connectivity index is 1.23. The zero-order valence-corrected chi connectivity index (χ0v) is 22.0. The predicted octanol–water partition coefficient (Wildman–Crippen LogP) is 5.04. The van der Waals surface area contributed by atoms with E-state index in [4.69, 9.17) is 19.6 Å². The summed E-state index contributed by atoms with van der Waals surface area (Å²) in [6.07, 6.45) is 5.48. The zero-order valence-electron chi connectivity index (χ0n) is 22.0. The van der Waals surface area contributed by atoms with Gasteiger partial charge in [0.25, 0.3) is 0 Å². The second-order valence-corrected chi connectivity index (χ2v) is 9.97. The Morgan fingerprint density at radius 2 is 1.87 bits per heavy atom. The summed E-state index contributed by atoms with van der Waals surface area (Å²) in [6.45, 7) is 6.61. The van der Waals surface area contributed by atoms with Crippen molar-refractivity contribution < 1.29 is 9.47 Å². The number of benzene rings is 2. The minimum Gasteiger partial charge on any atom is -0.489 e. The summed E-state index contributed by atoms with van der Waals surface area (Å²) in [5, 5.41) is 16.6. The number of aromatic amines is 1. The van der Waals surface area contributed by atoms with Crippen LogP contribution in [0.15, 0.2) is 61.2 Å². The van der Waals surface area contributed by atoms with Crippen LogP contribution in [-0.2, 0) is 13.7 Å². The lowest BCUT2D eigenvalue weighted by atomic mass is 9.86. The lowest BCUT2D eigenvalue weighted by Gasteiger charge is -2.24. The van der Waals surface area contributed by atoms with Crippen LogP contribution in [0.25, 0.3) is 17.0 Å². The Hall–Kier alpha value is -4.99. The fraction of sp³-hybridized carbons (Fsp3) is 0.207. The molecule has 0 saturated carbocycles. The number of rotatable bonds is 5. The van der Waals surface area contributed by atoms with Gasteiger partial charge in [0, 0.05) is 35.6 Å². The first-order valence-electron chi connectivity index (χ1n) is 12.7. The predicted molar refractivity (Wildman–Crippen MR) is 144 cm³/mol. The maximum atomic E-state index is 6.10. The first-order chi connectivity index (χ1) is 18.9. The van der Waals surface area contributed by atoms with Crippen LogP contribution in [0.1, 0.15) is 45.0 Å². The Morgan fingerprint density at radius 1 is 1.03 bits per heavy atom. The Morgan fingerprint density at radius 3 is 2.64 bits per heavy atom. The molecule has 2 aromatic carbocycles. The van der Waals surface area contributed by atoms with Crippen molar-refractivity contribution in [2.75, 3.05) is 0 Å². The van der Waals surface area contributed by atoms with Gasteiger partial charge in [0.2, 0.25) is 11.8 Å². The van der Waals surface area contributed by atoms with Crippen molar-refractivity contribution in [3.8, 4) is 28.9 Å². The van der Waals surface area contributed by atoms with Crippen molar-refractivity contribution in [2.45, 2.75) is 33.3 Å². The zero-order chi connectivity index (χ0) is 26.7. The molecule has 0 amide bonds. The molecule has 1 atom stereocenters. The number of aromatic nitrogens is 8. The molecule has 39 heavy (non-hydrogen) atoms. The summed E-state index contributed by atoms with van der Waals surface area (Å²) >= 11 is 0. The molecule has 1 unspecified atom stereocenters. The van der Waals surface area contributed by atoms with E-state index in [1.54, 1.807) is 15.5 Å². The summed E-state index contributed by atoms with van der Waals surface area (Å²) in [5.41, 5.74) is 8.70. The molecular formula is C29H26N8O2. The monoisotopic (exact) mass is 518 g/mol. The number of ether oxygens (including phenoxy) is 2. The molecule has 1 aliphatic rings. The second kappa shape index (κ2) is 8.80. The molecule has 0 radical (unpaired) electrons. The van der Waals surface area contributed by atoms with Crippen LogP contribution in [0.3, 0.4) is 0 Å².